The predicted octanol–water partition coefficient (Wildman–Crippen LogP) is 3.49. The molecular formula is C33H40N4O5. The molecule has 0 radical (unpaired) electrons. The third-order valence-corrected chi connectivity index (χ3v) is 7.63. The average molecular weight is 573 g/mol. The van der Waals surface area contributed by atoms with Gasteiger partial charge in [-0.25, -0.2) is 0 Å². The van der Waals surface area contributed by atoms with E-state index in [0.717, 1.165) is 22.9 Å². The van der Waals surface area contributed by atoms with Crippen LogP contribution in [0.15, 0.2) is 60.7 Å². The molecule has 3 N–H and O–H groups in total. The van der Waals surface area contributed by atoms with Gasteiger partial charge in [0.05, 0.1) is 11.7 Å². The highest BCUT2D eigenvalue weighted by Crippen LogP contribution is 2.24. The lowest BCUT2D eigenvalue weighted by atomic mass is 9.88. The fraction of sp³-hybridized carbons (Fsp3) is 0.424. The Morgan fingerprint density at radius 1 is 1.02 bits per heavy atom. The zero-order valence-corrected chi connectivity index (χ0v) is 24.7. The molecule has 222 valence electrons. The molecule has 0 aliphatic carbocycles. The van der Waals surface area contributed by atoms with Crippen molar-refractivity contribution in [3.05, 3.63) is 71.9 Å². The van der Waals surface area contributed by atoms with Gasteiger partial charge in [0.15, 0.2) is 5.78 Å². The summed E-state index contributed by atoms with van der Waals surface area (Å²) in [5.41, 5.74) is 1.59. The van der Waals surface area contributed by atoms with Crippen LogP contribution in [0.25, 0.3) is 10.9 Å². The Morgan fingerprint density at radius 3 is 2.38 bits per heavy atom. The summed E-state index contributed by atoms with van der Waals surface area (Å²) in [6.45, 7) is 5.83. The molecule has 3 aromatic rings. The molecule has 0 unspecified atom stereocenters. The van der Waals surface area contributed by atoms with Crippen molar-refractivity contribution < 1.29 is 24.0 Å². The normalized spacial score (nSPS) is 16.8. The quantitative estimate of drug-likeness (QED) is 0.240. The van der Waals surface area contributed by atoms with Gasteiger partial charge in [0.2, 0.25) is 17.6 Å². The van der Waals surface area contributed by atoms with E-state index >= 15 is 0 Å². The first-order valence-electron chi connectivity index (χ1n) is 14.5. The fourth-order valence-corrected chi connectivity index (χ4v) is 5.47. The van der Waals surface area contributed by atoms with Crippen LogP contribution in [0.4, 0.5) is 0 Å². The Kier molecular flexibility index (Phi) is 9.60. The number of carbonyl (C=O) groups excluding carboxylic acids is 5. The van der Waals surface area contributed by atoms with Gasteiger partial charge in [-0.2, -0.15) is 0 Å². The second kappa shape index (κ2) is 13.1. The first kappa shape index (κ1) is 30.7. The van der Waals surface area contributed by atoms with Gasteiger partial charge >= 0.3 is 0 Å². The van der Waals surface area contributed by atoms with Crippen LogP contribution in [0, 0.1) is 11.8 Å². The van der Waals surface area contributed by atoms with Gasteiger partial charge in [0.1, 0.15) is 0 Å². The van der Waals surface area contributed by atoms with Crippen molar-refractivity contribution in [2.24, 2.45) is 18.9 Å². The topological polar surface area (TPSA) is 126 Å². The van der Waals surface area contributed by atoms with Gasteiger partial charge in [-0.1, -0.05) is 48.5 Å². The second-order valence-electron chi connectivity index (χ2n) is 12.2. The van der Waals surface area contributed by atoms with E-state index in [1.54, 1.807) is 20.8 Å². The zero-order chi connectivity index (χ0) is 30.4. The van der Waals surface area contributed by atoms with Crippen LogP contribution in [0.3, 0.4) is 0 Å². The van der Waals surface area contributed by atoms with Gasteiger partial charge in [-0.05, 0) is 64.2 Å². The van der Waals surface area contributed by atoms with Crippen LogP contribution >= 0.6 is 0 Å². The number of aryl methyl sites for hydroxylation is 1. The van der Waals surface area contributed by atoms with Crippen LogP contribution < -0.4 is 16.0 Å². The molecule has 2 aromatic carbocycles. The molecule has 1 aromatic heterocycles. The number of nitrogens with one attached hydrogen (secondary N) is 3. The third kappa shape index (κ3) is 7.72. The van der Waals surface area contributed by atoms with Gasteiger partial charge in [-0.3, -0.25) is 24.0 Å². The molecule has 0 spiro atoms. The summed E-state index contributed by atoms with van der Waals surface area (Å²) in [7, 11) is 1.82. The first-order valence-corrected chi connectivity index (χ1v) is 14.5. The Labute approximate surface area is 246 Å². The van der Waals surface area contributed by atoms with E-state index in [4.69, 9.17) is 0 Å². The van der Waals surface area contributed by atoms with Crippen LogP contribution in [0.5, 0.6) is 0 Å². The molecule has 1 aliphatic heterocycles. The Morgan fingerprint density at radius 2 is 1.71 bits per heavy atom. The van der Waals surface area contributed by atoms with Gasteiger partial charge in [0.25, 0.3) is 5.91 Å². The van der Waals surface area contributed by atoms with E-state index < -0.39 is 41.0 Å². The minimum atomic E-state index is -1.21. The monoisotopic (exact) mass is 572 g/mol. The molecule has 9 nitrogen and oxygen atoms in total. The van der Waals surface area contributed by atoms with Gasteiger partial charge in [0, 0.05) is 48.3 Å². The van der Waals surface area contributed by atoms with Crippen LogP contribution in [0.1, 0.15) is 62.5 Å². The molecule has 1 fully saturated rings. The number of hydrogen-bond acceptors (Lipinski definition) is 5. The molecule has 1 saturated heterocycles. The minimum absolute atomic E-state index is 0.00315. The van der Waals surface area contributed by atoms with E-state index in [2.05, 4.69) is 16.0 Å². The molecule has 42 heavy (non-hydrogen) atoms. The number of carbonyl (C=O) groups is 5. The fourth-order valence-electron chi connectivity index (χ4n) is 5.47. The van der Waals surface area contributed by atoms with E-state index in [-0.39, 0.29) is 31.0 Å². The maximum absolute atomic E-state index is 13.9. The molecule has 0 bridgehead atoms. The number of fused-ring (bicyclic) bond motifs is 1. The molecule has 3 atom stereocenters. The number of ketones is 2. The summed E-state index contributed by atoms with van der Waals surface area (Å²) in [5.74, 6) is -3.87. The maximum Gasteiger partial charge on any atom is 0.290 e. The maximum atomic E-state index is 13.9. The summed E-state index contributed by atoms with van der Waals surface area (Å²) in [6, 6.07) is 17.6. The largest absolute Gasteiger partial charge is 0.356 e. The van der Waals surface area contributed by atoms with Crippen molar-refractivity contribution in [2.45, 2.75) is 64.5 Å². The summed E-state index contributed by atoms with van der Waals surface area (Å²) in [5, 5.41) is 9.17. The second-order valence-corrected chi connectivity index (χ2v) is 12.2. The number of para-hydroxylation sites is 1. The number of Topliss-reactive ketones (excluding diaryl/α,β-unsaturated/α-hetero) is 2. The van der Waals surface area contributed by atoms with Crippen LogP contribution in [0.2, 0.25) is 0 Å². The van der Waals surface area contributed by atoms with Crippen molar-refractivity contribution in [1.82, 2.24) is 20.5 Å². The van der Waals surface area contributed by atoms with Crippen molar-refractivity contribution in [1.29, 1.82) is 0 Å². The summed E-state index contributed by atoms with van der Waals surface area (Å²) >= 11 is 0. The molecule has 4 rings (SSSR count). The number of amides is 3. The van der Waals surface area contributed by atoms with Crippen molar-refractivity contribution in [3.8, 4) is 0 Å². The van der Waals surface area contributed by atoms with Crippen molar-refractivity contribution in [2.75, 3.05) is 6.54 Å². The first-order chi connectivity index (χ1) is 19.9. The van der Waals surface area contributed by atoms with E-state index in [9.17, 15) is 24.0 Å². The van der Waals surface area contributed by atoms with Gasteiger partial charge in [-0.15, -0.1) is 0 Å². The summed E-state index contributed by atoms with van der Waals surface area (Å²) in [4.78, 5) is 66.3. The zero-order valence-electron chi connectivity index (χ0n) is 24.7. The number of benzene rings is 2. The van der Waals surface area contributed by atoms with E-state index in [0.29, 0.717) is 18.7 Å². The van der Waals surface area contributed by atoms with Crippen molar-refractivity contribution in [3.63, 3.8) is 0 Å². The highest BCUT2D eigenvalue weighted by Gasteiger charge is 2.36. The third-order valence-electron chi connectivity index (χ3n) is 7.63. The Bertz CT molecular complexity index is 1470. The molecule has 2 heterocycles. The number of hydrogen-bond donors (Lipinski definition) is 3. The van der Waals surface area contributed by atoms with Crippen LogP contribution in [-0.4, -0.2) is 52.0 Å². The standard InChI is InChI=1S/C33H40N4O5/c1-33(2,3)36-32(42)29(39)25(18-23-14-10-16-34-30(23)40)35-31(41)24(17-21-11-6-5-7-12-21)20-28(38)27-19-22-13-8-9-15-26(22)37(27)4/h5-9,11-13,15,19,23-25H,10,14,16-18,20H2,1-4H3,(H,34,40)(H,35,41)(H,36,42)/t23-,24+,25-/m0/s1. The number of aromatic nitrogens is 1. The summed E-state index contributed by atoms with van der Waals surface area (Å²) in [6.07, 6.45) is 1.48. The number of piperidine rings is 1. The Balaban J connectivity index is 1.60. The average Bonchev–Trinajstić information content (AvgIpc) is 3.29. The lowest BCUT2D eigenvalue weighted by Gasteiger charge is -2.28. The summed E-state index contributed by atoms with van der Waals surface area (Å²) < 4.78 is 1.82. The Hall–Kier alpha value is -4.27. The van der Waals surface area contributed by atoms with E-state index in [1.807, 2.05) is 72.3 Å². The SMILES string of the molecule is Cn1c(C(=O)C[C@@H](Cc2ccccc2)C(=O)N[C@@H](C[C@@H]2CCCNC2=O)C(=O)C(=O)NC(C)(C)C)cc2ccccc21. The molecule has 9 heteroatoms. The van der Waals surface area contributed by atoms with Crippen molar-refractivity contribution >= 4 is 40.2 Å². The highest BCUT2D eigenvalue weighted by molar-refractivity contribution is 6.38. The van der Waals surface area contributed by atoms with E-state index in [1.165, 1.54) is 0 Å². The predicted molar refractivity (Wildman–Crippen MR) is 161 cm³/mol. The van der Waals surface area contributed by atoms with Gasteiger partial charge < -0.3 is 20.5 Å². The van der Waals surface area contributed by atoms with Crippen LogP contribution in [-0.2, 0) is 32.6 Å². The molecule has 1 aliphatic rings. The molecular weight excluding hydrogens is 532 g/mol. The number of nitrogens with zero attached hydrogens (tertiary/aromatic N) is 1. The lowest BCUT2D eigenvalue weighted by Crippen LogP contribution is -2.54. The molecule has 0 saturated carbocycles. The lowest BCUT2D eigenvalue weighted by molar-refractivity contribution is -0.142. The highest BCUT2D eigenvalue weighted by atomic mass is 16.2. The smallest absolute Gasteiger partial charge is 0.290 e. The minimum Gasteiger partial charge on any atom is -0.356 e. The number of rotatable bonds is 11. The molecule has 3 amide bonds.